The molecule has 4 atom stereocenters. The molecule has 1 aromatic rings. The molecule has 140 valence electrons. The van der Waals surface area contributed by atoms with Crippen molar-refractivity contribution in [2.45, 2.75) is 30.8 Å². The topological polar surface area (TPSA) is 101 Å². The van der Waals surface area contributed by atoms with Crippen molar-refractivity contribution in [2.24, 2.45) is 17.1 Å². The van der Waals surface area contributed by atoms with Crippen LogP contribution in [0, 0.1) is 45.3 Å². The van der Waals surface area contributed by atoms with Crippen molar-refractivity contribution in [2.75, 3.05) is 7.05 Å². The van der Waals surface area contributed by atoms with Crippen molar-refractivity contribution in [3.8, 4) is 18.2 Å². The first kappa shape index (κ1) is 18.9. The molecular weight excluding hydrogens is 393 g/mol. The molecule has 1 aliphatic carbocycles. The van der Waals surface area contributed by atoms with Crippen LogP contribution < -0.4 is 5.73 Å². The number of nitrogens with two attached hydrogens (primary N) is 1. The van der Waals surface area contributed by atoms with Gasteiger partial charge in [0.2, 0.25) is 0 Å². The quantitative estimate of drug-likeness (QED) is 0.757. The van der Waals surface area contributed by atoms with Gasteiger partial charge in [0.25, 0.3) is 0 Å². The van der Waals surface area contributed by atoms with Crippen LogP contribution in [-0.2, 0) is 0 Å². The van der Waals surface area contributed by atoms with Gasteiger partial charge in [0.1, 0.15) is 6.07 Å². The monoisotopic (exact) mass is 409 g/mol. The fourth-order valence-electron chi connectivity index (χ4n) is 5.17. The Morgan fingerprint density at radius 1 is 1.14 bits per heavy atom. The van der Waals surface area contributed by atoms with Crippen LogP contribution in [0.3, 0.4) is 0 Å². The van der Waals surface area contributed by atoms with Gasteiger partial charge in [0, 0.05) is 23.9 Å². The lowest BCUT2D eigenvalue weighted by Gasteiger charge is -2.48. The number of hydrogen-bond donors (Lipinski definition) is 1. The summed E-state index contributed by atoms with van der Waals surface area (Å²) in [6.07, 6.45) is 3.98. The van der Waals surface area contributed by atoms with Crippen molar-refractivity contribution in [1.82, 2.24) is 4.90 Å². The van der Waals surface area contributed by atoms with Crippen molar-refractivity contribution in [3.63, 3.8) is 0 Å². The Bertz CT molecular complexity index is 1040. The van der Waals surface area contributed by atoms with E-state index < -0.39 is 11.3 Å². The molecule has 1 aromatic carbocycles. The molecule has 0 spiro atoms. The fourth-order valence-corrected chi connectivity index (χ4v) is 5.47. The number of benzene rings is 1. The van der Waals surface area contributed by atoms with E-state index in [1.807, 2.05) is 0 Å². The summed E-state index contributed by atoms with van der Waals surface area (Å²) in [4.78, 5) is 2.27. The van der Waals surface area contributed by atoms with Crippen LogP contribution in [0.1, 0.15) is 24.3 Å². The lowest BCUT2D eigenvalue weighted by Crippen LogP contribution is -2.51. The normalized spacial score (nSPS) is 30.6. The number of allylic oxidation sites excluding steroid dienone is 2. The second kappa shape index (κ2) is 6.54. The van der Waals surface area contributed by atoms with Crippen LogP contribution in [-0.4, -0.2) is 24.0 Å². The predicted octanol–water partition coefficient (Wildman–Crippen LogP) is 3.88. The number of likely N-dealkylation sites (N-methyl/N-ethyl adjacent to an activating group) is 1. The standard InChI is InChI=1S/C21H17Cl2N5/c1-28-12-3-5-17(28)18-13(7-12)14(8-24)20(27)21(9-25,10-26)19(18)11-2-4-15(22)16(23)6-11/h2,4,6-7,12,17-19H,3,5,27H2,1H3/t12-,17+,18+,19+/m1/s1. The summed E-state index contributed by atoms with van der Waals surface area (Å²) >= 11 is 12.4. The van der Waals surface area contributed by atoms with E-state index in [1.165, 1.54) is 0 Å². The first-order valence-electron chi connectivity index (χ1n) is 9.01. The summed E-state index contributed by atoms with van der Waals surface area (Å²) in [6, 6.07) is 12.0. The van der Waals surface area contributed by atoms with Crippen molar-refractivity contribution in [3.05, 3.63) is 56.7 Å². The number of halogens is 2. The summed E-state index contributed by atoms with van der Waals surface area (Å²) in [6.45, 7) is 0. The van der Waals surface area contributed by atoms with Gasteiger partial charge >= 0.3 is 0 Å². The molecule has 2 heterocycles. The Hall–Kier alpha value is -2.49. The number of fused-ring (bicyclic) bond motifs is 4. The first-order chi connectivity index (χ1) is 13.4. The molecule has 3 aliphatic rings. The van der Waals surface area contributed by atoms with E-state index in [-0.39, 0.29) is 29.3 Å². The van der Waals surface area contributed by atoms with Gasteiger partial charge in [-0.2, -0.15) is 15.8 Å². The molecule has 28 heavy (non-hydrogen) atoms. The summed E-state index contributed by atoms with van der Waals surface area (Å²) in [5.74, 6) is -0.755. The second-order valence-corrected chi connectivity index (χ2v) is 8.42. The maximum Gasteiger partial charge on any atom is 0.191 e. The molecule has 7 heteroatoms. The van der Waals surface area contributed by atoms with Crippen molar-refractivity contribution >= 4 is 23.2 Å². The molecule has 1 saturated heterocycles. The molecule has 0 amide bonds. The van der Waals surface area contributed by atoms with Crippen LogP contribution in [0.4, 0.5) is 0 Å². The van der Waals surface area contributed by atoms with E-state index in [1.54, 1.807) is 18.2 Å². The van der Waals surface area contributed by atoms with Gasteiger partial charge in [-0.05, 0) is 43.2 Å². The predicted molar refractivity (Wildman–Crippen MR) is 106 cm³/mol. The highest BCUT2D eigenvalue weighted by molar-refractivity contribution is 6.42. The van der Waals surface area contributed by atoms with Gasteiger partial charge < -0.3 is 5.73 Å². The zero-order chi connectivity index (χ0) is 20.2. The van der Waals surface area contributed by atoms with Crippen LogP contribution in [0.5, 0.6) is 0 Å². The fraction of sp³-hybridized carbons (Fsp3) is 0.381. The van der Waals surface area contributed by atoms with Crippen LogP contribution >= 0.6 is 23.2 Å². The highest BCUT2D eigenvalue weighted by Crippen LogP contribution is 2.58. The van der Waals surface area contributed by atoms with E-state index in [0.29, 0.717) is 10.0 Å². The minimum Gasteiger partial charge on any atom is -0.399 e. The average Bonchev–Trinajstić information content (AvgIpc) is 2.93. The second-order valence-electron chi connectivity index (χ2n) is 7.61. The lowest BCUT2D eigenvalue weighted by atomic mass is 9.56. The molecule has 0 radical (unpaired) electrons. The van der Waals surface area contributed by atoms with Crippen LogP contribution in [0.2, 0.25) is 10.0 Å². The molecule has 2 N–H and O–H groups in total. The van der Waals surface area contributed by atoms with E-state index in [4.69, 9.17) is 28.9 Å². The number of nitriles is 3. The van der Waals surface area contributed by atoms with E-state index in [0.717, 1.165) is 24.0 Å². The Morgan fingerprint density at radius 3 is 2.46 bits per heavy atom. The Kier molecular flexibility index (Phi) is 4.40. The Labute approximate surface area is 173 Å². The zero-order valence-corrected chi connectivity index (χ0v) is 16.7. The molecular formula is C21H17Cl2N5. The minimum absolute atomic E-state index is 0.0301. The molecule has 2 bridgehead atoms. The molecule has 0 aromatic heterocycles. The third kappa shape index (κ3) is 2.33. The van der Waals surface area contributed by atoms with Crippen molar-refractivity contribution in [1.29, 1.82) is 15.8 Å². The smallest absolute Gasteiger partial charge is 0.191 e. The van der Waals surface area contributed by atoms with Crippen LogP contribution in [0.25, 0.3) is 0 Å². The molecule has 4 rings (SSSR count). The SMILES string of the molecule is CN1[C@H]2C=C3C(C#N)=C(N)C(C#N)(C#N)[C@@H](c4ccc(Cl)c(Cl)c4)[C@@H]3[C@@H]1CC2. The zero-order valence-electron chi connectivity index (χ0n) is 15.2. The highest BCUT2D eigenvalue weighted by Gasteiger charge is 2.58. The summed E-state index contributed by atoms with van der Waals surface area (Å²) in [7, 11) is 2.05. The number of nitrogens with zero attached hydrogens (tertiary/aromatic N) is 4. The molecule has 0 unspecified atom stereocenters. The first-order valence-corrected chi connectivity index (χ1v) is 9.77. The van der Waals surface area contributed by atoms with E-state index in [2.05, 4.69) is 36.2 Å². The highest BCUT2D eigenvalue weighted by atomic mass is 35.5. The van der Waals surface area contributed by atoms with E-state index >= 15 is 0 Å². The van der Waals surface area contributed by atoms with Gasteiger partial charge in [-0.15, -0.1) is 0 Å². The van der Waals surface area contributed by atoms with Gasteiger partial charge in [-0.1, -0.05) is 35.3 Å². The molecule has 1 fully saturated rings. The number of rotatable bonds is 1. The van der Waals surface area contributed by atoms with Crippen LogP contribution in [0.15, 0.2) is 41.1 Å². The largest absolute Gasteiger partial charge is 0.399 e. The molecule has 0 saturated carbocycles. The van der Waals surface area contributed by atoms with E-state index in [9.17, 15) is 15.8 Å². The van der Waals surface area contributed by atoms with Gasteiger partial charge in [0.05, 0.1) is 33.5 Å². The summed E-state index contributed by atoms with van der Waals surface area (Å²) in [5.41, 5.74) is 6.57. The maximum absolute atomic E-state index is 10.1. The average molecular weight is 410 g/mol. The Morgan fingerprint density at radius 2 is 1.86 bits per heavy atom. The summed E-state index contributed by atoms with van der Waals surface area (Å²) < 4.78 is 0. The van der Waals surface area contributed by atoms with Crippen molar-refractivity contribution < 1.29 is 0 Å². The third-order valence-electron chi connectivity index (χ3n) is 6.53. The number of hydrogen-bond acceptors (Lipinski definition) is 5. The third-order valence-corrected chi connectivity index (χ3v) is 7.26. The van der Waals surface area contributed by atoms with Gasteiger partial charge in [-0.25, -0.2) is 0 Å². The maximum atomic E-state index is 10.1. The lowest BCUT2D eigenvalue weighted by molar-refractivity contribution is 0.160. The Balaban J connectivity index is 2.05. The summed E-state index contributed by atoms with van der Waals surface area (Å²) in [5, 5.41) is 30.8. The van der Waals surface area contributed by atoms with Gasteiger partial charge in [0.15, 0.2) is 5.41 Å². The molecule has 5 nitrogen and oxygen atoms in total. The van der Waals surface area contributed by atoms with Gasteiger partial charge in [-0.3, -0.25) is 4.90 Å². The minimum atomic E-state index is -1.65. The molecule has 2 aliphatic heterocycles.